The van der Waals surface area contributed by atoms with Gasteiger partial charge in [0.25, 0.3) is 0 Å². The third-order valence-electron chi connectivity index (χ3n) is 5.61. The summed E-state index contributed by atoms with van der Waals surface area (Å²) < 4.78 is 7.27. The second-order valence-corrected chi connectivity index (χ2v) is 9.65. The topological polar surface area (TPSA) is 97.2 Å². The van der Waals surface area contributed by atoms with Crippen LogP contribution in [0.2, 0.25) is 0 Å². The Balaban J connectivity index is 1.35. The van der Waals surface area contributed by atoms with E-state index < -0.39 is 5.60 Å². The van der Waals surface area contributed by atoms with Crippen molar-refractivity contribution >= 4 is 23.4 Å². The van der Waals surface area contributed by atoms with E-state index in [2.05, 4.69) is 25.7 Å². The Morgan fingerprint density at radius 1 is 1.21 bits per heavy atom. The van der Waals surface area contributed by atoms with E-state index >= 15 is 0 Å². The zero-order valence-electron chi connectivity index (χ0n) is 20.3. The van der Waals surface area contributed by atoms with Crippen LogP contribution in [0.15, 0.2) is 48.9 Å². The number of carbonyl (C=O) groups excluding carboxylic acids is 1. The fourth-order valence-electron chi connectivity index (χ4n) is 3.89. The highest BCUT2D eigenvalue weighted by Crippen LogP contribution is 2.23. The van der Waals surface area contributed by atoms with Gasteiger partial charge in [-0.2, -0.15) is 4.98 Å². The molecule has 0 radical (unpaired) electrons. The summed E-state index contributed by atoms with van der Waals surface area (Å²) in [6.07, 6.45) is 5.31. The van der Waals surface area contributed by atoms with Gasteiger partial charge in [0, 0.05) is 19.6 Å². The largest absolute Gasteiger partial charge is 0.444 e. The number of benzene rings is 1. The molecule has 3 aromatic rings. The van der Waals surface area contributed by atoms with Crippen molar-refractivity contribution < 1.29 is 9.53 Å². The molecule has 9 heteroatoms. The quantitative estimate of drug-likeness (QED) is 0.543. The number of nitrogens with one attached hydrogen (secondary N) is 2. The van der Waals surface area contributed by atoms with Crippen LogP contribution in [0.25, 0.3) is 5.69 Å². The lowest BCUT2D eigenvalue weighted by Gasteiger charge is -2.34. The van der Waals surface area contributed by atoms with Crippen molar-refractivity contribution in [1.82, 2.24) is 24.6 Å². The highest BCUT2D eigenvalue weighted by atomic mass is 16.6. The SMILES string of the molecule is Cc1ncc(NCC2CCCN(C(=O)OC(C)(C)C)C2)cc1Nc1ncn(-c2ccccc2)n1. The van der Waals surface area contributed by atoms with Crippen molar-refractivity contribution in [3.05, 3.63) is 54.6 Å². The number of likely N-dealkylation sites (tertiary alicyclic amines) is 1. The summed E-state index contributed by atoms with van der Waals surface area (Å²) in [5.74, 6) is 0.855. The van der Waals surface area contributed by atoms with E-state index in [-0.39, 0.29) is 6.09 Å². The lowest BCUT2D eigenvalue weighted by Crippen LogP contribution is -2.44. The van der Waals surface area contributed by atoms with Crippen molar-refractivity contribution in [2.75, 3.05) is 30.3 Å². The number of nitrogens with zero attached hydrogens (tertiary/aromatic N) is 5. The summed E-state index contributed by atoms with van der Waals surface area (Å²) in [7, 11) is 0. The van der Waals surface area contributed by atoms with Gasteiger partial charge in [-0.05, 0) is 64.7 Å². The molecule has 0 aliphatic carbocycles. The molecule has 3 heterocycles. The third-order valence-corrected chi connectivity index (χ3v) is 5.61. The van der Waals surface area contributed by atoms with Gasteiger partial charge in [-0.15, -0.1) is 5.10 Å². The molecule has 1 fully saturated rings. The maximum Gasteiger partial charge on any atom is 0.410 e. The van der Waals surface area contributed by atoms with Crippen LogP contribution in [-0.4, -0.2) is 56.0 Å². The molecule has 1 aliphatic rings. The van der Waals surface area contributed by atoms with Crippen LogP contribution in [0.1, 0.15) is 39.3 Å². The van der Waals surface area contributed by atoms with E-state index in [1.807, 2.05) is 75.2 Å². The molecule has 4 rings (SSSR count). The first kappa shape index (κ1) is 23.5. The number of para-hydroxylation sites is 1. The van der Waals surface area contributed by atoms with Crippen LogP contribution >= 0.6 is 0 Å². The third kappa shape index (κ3) is 6.24. The lowest BCUT2D eigenvalue weighted by atomic mass is 9.98. The van der Waals surface area contributed by atoms with Gasteiger partial charge in [0.05, 0.1) is 29.0 Å². The molecule has 1 saturated heterocycles. The molecular weight excluding hydrogens is 430 g/mol. The van der Waals surface area contributed by atoms with Crippen LogP contribution < -0.4 is 10.6 Å². The Labute approximate surface area is 200 Å². The molecule has 0 spiro atoms. The number of rotatable bonds is 6. The highest BCUT2D eigenvalue weighted by Gasteiger charge is 2.27. The van der Waals surface area contributed by atoms with E-state index in [0.29, 0.717) is 18.4 Å². The van der Waals surface area contributed by atoms with Crippen molar-refractivity contribution in [2.45, 2.75) is 46.1 Å². The van der Waals surface area contributed by atoms with Gasteiger partial charge < -0.3 is 20.3 Å². The summed E-state index contributed by atoms with van der Waals surface area (Å²) in [6.45, 7) is 9.81. The molecule has 180 valence electrons. The van der Waals surface area contributed by atoms with Crippen molar-refractivity contribution in [3.8, 4) is 5.69 Å². The summed E-state index contributed by atoms with van der Waals surface area (Å²) in [4.78, 5) is 23.1. The molecule has 34 heavy (non-hydrogen) atoms. The Kier molecular flexibility index (Phi) is 7.00. The Bertz CT molecular complexity index is 1110. The van der Waals surface area contributed by atoms with Crippen molar-refractivity contribution in [3.63, 3.8) is 0 Å². The normalized spacial score (nSPS) is 16.2. The standard InChI is InChI=1S/C25H33N7O2/c1-18-22(29-23-28-17-32(30-23)21-10-6-5-7-11-21)13-20(15-26-18)27-14-19-9-8-12-31(16-19)24(33)34-25(2,3)4/h5-7,10-11,13,15,17,19,27H,8-9,12,14,16H2,1-4H3,(H,29,30). The Morgan fingerprint density at radius 3 is 2.76 bits per heavy atom. The number of anilines is 3. The predicted octanol–water partition coefficient (Wildman–Crippen LogP) is 4.77. The Hall–Kier alpha value is -3.62. The first-order chi connectivity index (χ1) is 16.3. The fraction of sp³-hybridized carbons (Fsp3) is 0.440. The maximum absolute atomic E-state index is 12.4. The summed E-state index contributed by atoms with van der Waals surface area (Å²) in [6, 6.07) is 11.9. The molecular formula is C25H33N7O2. The first-order valence-corrected chi connectivity index (χ1v) is 11.7. The minimum atomic E-state index is -0.481. The Morgan fingerprint density at radius 2 is 2.00 bits per heavy atom. The van der Waals surface area contributed by atoms with Crippen LogP contribution in [0.4, 0.5) is 22.1 Å². The minimum absolute atomic E-state index is 0.233. The molecule has 2 N–H and O–H groups in total. The molecule has 1 aliphatic heterocycles. The number of aromatic nitrogens is 4. The van der Waals surface area contributed by atoms with Crippen LogP contribution in [0, 0.1) is 12.8 Å². The van der Waals surface area contributed by atoms with Crippen LogP contribution in [0.3, 0.4) is 0 Å². The average molecular weight is 464 g/mol. The van der Waals surface area contributed by atoms with E-state index in [1.54, 1.807) is 11.0 Å². The predicted molar refractivity (Wildman–Crippen MR) is 133 cm³/mol. The number of piperidine rings is 1. The number of aryl methyl sites for hydroxylation is 1. The summed E-state index contributed by atoms with van der Waals surface area (Å²) >= 11 is 0. The van der Waals surface area contributed by atoms with E-state index in [4.69, 9.17) is 4.74 Å². The second kappa shape index (κ2) is 10.1. The number of hydrogen-bond donors (Lipinski definition) is 2. The zero-order chi connectivity index (χ0) is 24.1. The van der Waals surface area contributed by atoms with Crippen LogP contribution in [0.5, 0.6) is 0 Å². The molecule has 2 aromatic heterocycles. The van der Waals surface area contributed by atoms with E-state index in [9.17, 15) is 4.79 Å². The molecule has 0 bridgehead atoms. The van der Waals surface area contributed by atoms with Gasteiger partial charge in [-0.25, -0.2) is 9.48 Å². The van der Waals surface area contributed by atoms with Crippen molar-refractivity contribution in [1.29, 1.82) is 0 Å². The molecule has 1 amide bonds. The number of ether oxygens (including phenoxy) is 1. The summed E-state index contributed by atoms with van der Waals surface area (Å²) in [5, 5.41) is 11.3. The van der Waals surface area contributed by atoms with Crippen molar-refractivity contribution in [2.24, 2.45) is 5.92 Å². The molecule has 1 atom stereocenters. The average Bonchev–Trinajstić information content (AvgIpc) is 3.28. The lowest BCUT2D eigenvalue weighted by molar-refractivity contribution is 0.0172. The zero-order valence-corrected chi connectivity index (χ0v) is 20.3. The number of amides is 1. The molecule has 9 nitrogen and oxygen atoms in total. The van der Waals surface area contributed by atoms with Gasteiger partial charge >= 0.3 is 6.09 Å². The maximum atomic E-state index is 12.4. The second-order valence-electron chi connectivity index (χ2n) is 9.65. The van der Waals surface area contributed by atoms with Gasteiger partial charge in [-0.3, -0.25) is 4.98 Å². The molecule has 0 saturated carbocycles. The minimum Gasteiger partial charge on any atom is -0.444 e. The van der Waals surface area contributed by atoms with Gasteiger partial charge in [-0.1, -0.05) is 18.2 Å². The smallest absolute Gasteiger partial charge is 0.410 e. The fourth-order valence-corrected chi connectivity index (χ4v) is 3.89. The number of carbonyl (C=O) groups is 1. The number of pyridine rings is 1. The first-order valence-electron chi connectivity index (χ1n) is 11.7. The molecule has 1 unspecified atom stereocenters. The monoisotopic (exact) mass is 463 g/mol. The van der Waals surface area contributed by atoms with Crippen LogP contribution in [-0.2, 0) is 4.74 Å². The van der Waals surface area contributed by atoms with E-state index in [1.165, 1.54) is 0 Å². The highest BCUT2D eigenvalue weighted by molar-refractivity contribution is 5.68. The van der Waals surface area contributed by atoms with E-state index in [0.717, 1.165) is 48.7 Å². The van der Waals surface area contributed by atoms with Gasteiger partial charge in [0.2, 0.25) is 5.95 Å². The van der Waals surface area contributed by atoms with Gasteiger partial charge in [0.15, 0.2) is 0 Å². The number of hydrogen-bond acceptors (Lipinski definition) is 7. The molecule has 1 aromatic carbocycles. The summed E-state index contributed by atoms with van der Waals surface area (Å²) in [5.41, 5.74) is 3.07. The van der Waals surface area contributed by atoms with Gasteiger partial charge in [0.1, 0.15) is 11.9 Å².